The number of aromatic nitrogens is 1. The minimum absolute atomic E-state index is 0.0127. The van der Waals surface area contributed by atoms with Crippen molar-refractivity contribution >= 4 is 44.9 Å². The molecule has 9 nitrogen and oxygen atoms in total. The summed E-state index contributed by atoms with van der Waals surface area (Å²) < 4.78 is 82.8. The zero-order valence-corrected chi connectivity index (χ0v) is 23.6. The molecule has 1 saturated heterocycles. The Hall–Kier alpha value is -4.22. The van der Waals surface area contributed by atoms with Crippen LogP contribution in [0.1, 0.15) is 36.4 Å². The molecule has 224 valence electrons. The van der Waals surface area contributed by atoms with E-state index in [1.54, 1.807) is 0 Å². The van der Waals surface area contributed by atoms with Crippen LogP contribution in [0.2, 0.25) is 5.02 Å². The summed E-state index contributed by atoms with van der Waals surface area (Å²) in [6, 6.07) is 8.39. The fraction of sp³-hybridized carbons (Fsp3) is 0.286. The monoisotopic (exact) mass is 635 g/mol. The molecule has 1 aromatic heterocycles. The number of rotatable bonds is 7. The van der Waals surface area contributed by atoms with Crippen molar-refractivity contribution in [3.8, 4) is 6.07 Å². The van der Waals surface area contributed by atoms with Gasteiger partial charge in [-0.15, -0.1) is 0 Å². The molecule has 2 heterocycles. The molecule has 3 aromatic rings. The number of anilines is 2. The van der Waals surface area contributed by atoms with Crippen molar-refractivity contribution in [1.29, 1.82) is 5.26 Å². The van der Waals surface area contributed by atoms with E-state index in [-0.39, 0.29) is 34.1 Å². The number of carbonyl (C=O) groups is 2. The van der Waals surface area contributed by atoms with Gasteiger partial charge in [-0.3, -0.25) is 14.5 Å². The van der Waals surface area contributed by atoms with Gasteiger partial charge in [-0.1, -0.05) is 29.8 Å². The summed E-state index contributed by atoms with van der Waals surface area (Å²) >= 11 is 6.43. The molecule has 1 aliphatic heterocycles. The maximum atomic E-state index is 14.6. The number of alkyl halides is 2. The van der Waals surface area contributed by atoms with E-state index >= 15 is 0 Å². The van der Waals surface area contributed by atoms with Gasteiger partial charge >= 0.3 is 0 Å². The first-order valence-corrected chi connectivity index (χ1v) is 14.9. The molecule has 0 spiro atoms. The van der Waals surface area contributed by atoms with Crippen molar-refractivity contribution in [1.82, 2.24) is 10.3 Å². The number of nitriles is 1. The maximum Gasteiger partial charge on any atom is 0.252 e. The van der Waals surface area contributed by atoms with Gasteiger partial charge in [0.15, 0.2) is 11.6 Å². The van der Waals surface area contributed by atoms with Crippen LogP contribution in [0.25, 0.3) is 0 Å². The Kier molecular flexibility index (Phi) is 8.06. The highest BCUT2D eigenvalue weighted by molar-refractivity contribution is 7.93. The van der Waals surface area contributed by atoms with Crippen LogP contribution in [0.4, 0.5) is 29.1 Å². The van der Waals surface area contributed by atoms with Gasteiger partial charge in [0.05, 0.1) is 17.4 Å². The smallest absolute Gasteiger partial charge is 0.252 e. The second-order valence-electron chi connectivity index (χ2n) is 10.1. The van der Waals surface area contributed by atoms with Gasteiger partial charge in [0.1, 0.15) is 17.9 Å². The highest BCUT2D eigenvalue weighted by atomic mass is 35.5. The summed E-state index contributed by atoms with van der Waals surface area (Å²) in [7, 11) is -4.17. The Balaban J connectivity index is 1.65. The van der Waals surface area contributed by atoms with Crippen molar-refractivity contribution in [2.75, 3.05) is 15.0 Å². The summed E-state index contributed by atoms with van der Waals surface area (Å²) in [5.41, 5.74) is -0.255. The lowest BCUT2D eigenvalue weighted by Crippen LogP contribution is -2.56. The SMILES string of the molecule is N#Cc1ccnc(N2C(C(=O)N(c3ccc(F)c(F)c3)[C@@H](C(=O)NC3CC(F)(F)C3)c3ccccc3Cl)CCS2(=O)=O)c1. The average Bonchev–Trinajstić information content (AvgIpc) is 3.27. The van der Waals surface area contributed by atoms with Crippen LogP contribution < -0.4 is 14.5 Å². The van der Waals surface area contributed by atoms with Gasteiger partial charge in [-0.05, 0) is 36.8 Å². The Morgan fingerprint density at radius 2 is 1.84 bits per heavy atom. The van der Waals surface area contributed by atoms with E-state index in [1.165, 1.54) is 42.6 Å². The predicted molar refractivity (Wildman–Crippen MR) is 148 cm³/mol. The molecule has 1 N–H and O–H groups in total. The van der Waals surface area contributed by atoms with Gasteiger partial charge in [0.25, 0.3) is 11.8 Å². The lowest BCUT2D eigenvalue weighted by atomic mass is 9.87. The van der Waals surface area contributed by atoms with E-state index in [9.17, 15) is 40.8 Å². The number of hydrogen-bond acceptors (Lipinski definition) is 6. The Morgan fingerprint density at radius 3 is 2.49 bits per heavy atom. The van der Waals surface area contributed by atoms with Crippen molar-refractivity contribution in [2.45, 2.75) is 43.3 Å². The third kappa shape index (κ3) is 6.00. The van der Waals surface area contributed by atoms with Gasteiger partial charge in [0, 0.05) is 47.4 Å². The first kappa shape index (κ1) is 30.2. The molecule has 2 amide bonds. The number of halogens is 5. The number of pyridine rings is 1. The molecule has 2 atom stereocenters. The second-order valence-corrected chi connectivity index (χ2v) is 12.5. The number of nitrogens with zero attached hydrogens (tertiary/aromatic N) is 4. The zero-order chi connectivity index (χ0) is 31.1. The minimum Gasteiger partial charge on any atom is -0.351 e. The number of sulfonamides is 1. The van der Waals surface area contributed by atoms with Crippen LogP contribution in [0.15, 0.2) is 60.8 Å². The molecule has 1 saturated carbocycles. The van der Waals surface area contributed by atoms with Gasteiger partial charge in [-0.25, -0.2) is 35.3 Å². The highest BCUT2D eigenvalue weighted by Gasteiger charge is 2.49. The topological polar surface area (TPSA) is 123 Å². The minimum atomic E-state index is -4.17. The fourth-order valence-corrected chi connectivity index (χ4v) is 7.07. The Labute approximate surface area is 248 Å². The summed E-state index contributed by atoms with van der Waals surface area (Å²) in [5.74, 6) is -8.35. The van der Waals surface area contributed by atoms with E-state index in [2.05, 4.69) is 10.3 Å². The molecule has 0 radical (unpaired) electrons. The van der Waals surface area contributed by atoms with Crippen LogP contribution in [-0.4, -0.2) is 49.0 Å². The first-order chi connectivity index (χ1) is 20.3. The normalized spacial score (nSPS) is 19.6. The van der Waals surface area contributed by atoms with E-state index in [4.69, 9.17) is 11.6 Å². The summed E-state index contributed by atoms with van der Waals surface area (Å²) in [5, 5.41) is 11.8. The summed E-state index contributed by atoms with van der Waals surface area (Å²) in [6.07, 6.45) is -0.401. The molecular formula is C28H22ClF4N5O4S. The van der Waals surface area contributed by atoms with Crippen LogP contribution in [0.3, 0.4) is 0 Å². The number of carbonyl (C=O) groups excluding carboxylic acids is 2. The molecule has 15 heteroatoms. The number of nitrogens with one attached hydrogen (secondary N) is 1. The lowest BCUT2D eigenvalue weighted by molar-refractivity contribution is -0.133. The molecule has 43 heavy (non-hydrogen) atoms. The average molecular weight is 636 g/mol. The molecular weight excluding hydrogens is 614 g/mol. The second kappa shape index (κ2) is 11.5. The number of benzene rings is 2. The van der Waals surface area contributed by atoms with Gasteiger partial charge in [0.2, 0.25) is 15.9 Å². The fourth-order valence-electron chi connectivity index (χ4n) is 5.14. The highest BCUT2D eigenvalue weighted by Crippen LogP contribution is 2.40. The summed E-state index contributed by atoms with van der Waals surface area (Å²) in [4.78, 5) is 33.0. The van der Waals surface area contributed by atoms with E-state index in [0.29, 0.717) is 6.07 Å². The third-order valence-corrected chi connectivity index (χ3v) is 9.32. The molecule has 1 unspecified atom stereocenters. The molecule has 2 aliphatic rings. The van der Waals surface area contributed by atoms with Crippen LogP contribution in [-0.2, 0) is 19.6 Å². The molecule has 0 bridgehead atoms. The van der Waals surface area contributed by atoms with Crippen molar-refractivity contribution < 1.29 is 35.6 Å². The quantitative estimate of drug-likeness (QED) is 0.382. The van der Waals surface area contributed by atoms with Crippen molar-refractivity contribution in [2.24, 2.45) is 0 Å². The van der Waals surface area contributed by atoms with Crippen molar-refractivity contribution in [3.63, 3.8) is 0 Å². The molecule has 2 fully saturated rings. The summed E-state index contributed by atoms with van der Waals surface area (Å²) in [6.45, 7) is 0. The van der Waals surface area contributed by atoms with Crippen LogP contribution in [0, 0.1) is 23.0 Å². The molecule has 5 rings (SSSR count). The maximum absolute atomic E-state index is 14.6. The Morgan fingerprint density at radius 1 is 1.12 bits per heavy atom. The van der Waals surface area contributed by atoms with Gasteiger partial charge in [-0.2, -0.15) is 5.26 Å². The van der Waals surface area contributed by atoms with Crippen LogP contribution >= 0.6 is 11.6 Å². The van der Waals surface area contributed by atoms with E-state index in [1.807, 2.05) is 6.07 Å². The zero-order valence-electron chi connectivity index (χ0n) is 22.1. The molecule has 1 aliphatic carbocycles. The predicted octanol–water partition coefficient (Wildman–Crippen LogP) is 4.48. The van der Waals surface area contributed by atoms with E-state index in [0.717, 1.165) is 21.3 Å². The first-order valence-electron chi connectivity index (χ1n) is 12.9. The standard InChI is InChI=1S/C28H22ClF4N5O4S/c29-20-4-2-1-3-19(20)25(26(39)36-17-13-28(32,33)14-17)37(18-5-6-21(30)22(31)12-18)27(40)23-8-10-43(41,42)38(23)24-11-16(15-34)7-9-35-24/h1-7,9,11-12,17,23,25H,8,10,13-14H2,(H,36,39)/t23?,25-/m1/s1. The van der Waals surface area contributed by atoms with E-state index < -0.39 is 76.1 Å². The largest absolute Gasteiger partial charge is 0.351 e. The lowest BCUT2D eigenvalue weighted by Gasteiger charge is -2.39. The van der Waals surface area contributed by atoms with Gasteiger partial charge < -0.3 is 5.32 Å². The number of amides is 2. The van der Waals surface area contributed by atoms with Crippen molar-refractivity contribution in [3.05, 3.63) is 88.6 Å². The number of hydrogen-bond donors (Lipinski definition) is 1. The van der Waals surface area contributed by atoms with Crippen LogP contribution in [0.5, 0.6) is 0 Å². The third-order valence-electron chi connectivity index (χ3n) is 7.18. The molecule has 2 aromatic carbocycles. The Bertz CT molecular complexity index is 1740.